The third-order valence-electron chi connectivity index (χ3n) is 8.26. The van der Waals surface area contributed by atoms with E-state index in [-0.39, 0.29) is 24.3 Å². The zero-order valence-electron chi connectivity index (χ0n) is 27.2. The number of hydrogen-bond donors (Lipinski definition) is 2. The first-order valence-corrected chi connectivity index (χ1v) is 16.2. The van der Waals surface area contributed by atoms with Crippen molar-refractivity contribution in [3.8, 4) is 0 Å². The predicted molar refractivity (Wildman–Crippen MR) is 173 cm³/mol. The van der Waals surface area contributed by atoms with Gasteiger partial charge in [0.05, 0.1) is 0 Å². The third kappa shape index (κ3) is 10.7. The van der Waals surface area contributed by atoms with Crippen molar-refractivity contribution in [1.82, 2.24) is 15.5 Å². The van der Waals surface area contributed by atoms with E-state index in [0.29, 0.717) is 6.54 Å². The van der Waals surface area contributed by atoms with Crippen molar-refractivity contribution in [2.45, 2.75) is 129 Å². The number of benzene rings is 2. The molecule has 7 heteroatoms. The van der Waals surface area contributed by atoms with Crippen molar-refractivity contribution in [3.05, 3.63) is 70.8 Å². The lowest BCUT2D eigenvalue weighted by molar-refractivity contribution is -0.143. The molecule has 1 saturated carbocycles. The number of alkyl carbamates (subject to hydrolysis) is 1. The molecule has 0 radical (unpaired) electrons. The molecule has 0 spiro atoms. The number of carbonyl (C=O) groups is 3. The van der Waals surface area contributed by atoms with Gasteiger partial charge in [-0.3, -0.25) is 9.59 Å². The summed E-state index contributed by atoms with van der Waals surface area (Å²) < 4.78 is 5.58. The highest BCUT2D eigenvalue weighted by Gasteiger charge is 2.37. The number of rotatable bonds is 13. The Balaban J connectivity index is 2.05. The van der Waals surface area contributed by atoms with E-state index in [2.05, 4.69) is 17.6 Å². The summed E-state index contributed by atoms with van der Waals surface area (Å²) in [7, 11) is 0. The molecule has 7 nitrogen and oxygen atoms in total. The molecule has 1 aliphatic carbocycles. The summed E-state index contributed by atoms with van der Waals surface area (Å²) in [6.45, 7) is 12.0. The molecule has 0 saturated heterocycles. The fourth-order valence-corrected chi connectivity index (χ4v) is 5.82. The average molecular weight is 592 g/mol. The maximum atomic E-state index is 14.7. The Bertz CT molecular complexity index is 1180. The summed E-state index contributed by atoms with van der Waals surface area (Å²) in [5.74, 6) is -0.434. The van der Waals surface area contributed by atoms with Gasteiger partial charge in [0.15, 0.2) is 0 Å². The lowest BCUT2D eigenvalue weighted by atomic mass is 9.92. The van der Waals surface area contributed by atoms with Gasteiger partial charge in [-0.05, 0) is 76.1 Å². The molecule has 3 rings (SSSR count). The maximum Gasteiger partial charge on any atom is 0.408 e. The summed E-state index contributed by atoms with van der Waals surface area (Å²) in [5.41, 5.74) is 3.09. The Morgan fingerprint density at radius 2 is 1.63 bits per heavy atom. The van der Waals surface area contributed by atoms with Crippen molar-refractivity contribution in [1.29, 1.82) is 0 Å². The second kappa shape index (κ2) is 16.5. The summed E-state index contributed by atoms with van der Waals surface area (Å²) in [4.78, 5) is 43.7. The molecular formula is C36H53N3O4. The second-order valence-corrected chi connectivity index (χ2v) is 13.0. The highest BCUT2D eigenvalue weighted by atomic mass is 16.6. The first-order valence-electron chi connectivity index (χ1n) is 16.2. The quantitative estimate of drug-likeness (QED) is 0.239. The van der Waals surface area contributed by atoms with Crippen LogP contribution in [0.5, 0.6) is 0 Å². The minimum atomic E-state index is -0.904. The van der Waals surface area contributed by atoms with E-state index in [1.165, 1.54) is 6.42 Å². The first kappa shape index (κ1) is 34.1. The number of amides is 3. The molecule has 236 valence electrons. The number of nitrogens with zero attached hydrogens (tertiary/aromatic N) is 1. The normalized spacial score (nSPS) is 15.3. The molecular weight excluding hydrogens is 538 g/mol. The number of ether oxygens (including phenoxy) is 1. The standard InChI is InChI=1S/C36H53N3O4/c1-7-8-9-16-24-39(34(41)31(25-28-19-12-10-13-20-28)38-35(42)43-36(4,5)6)32(30-23-17-18-26(2)27(30)3)33(40)37-29-21-14-11-15-22-29/h10,12-13,17-20,23,29,31-32H,7-9,11,14-16,21-22,24-25H2,1-6H3,(H,37,40)(H,38,42). The Hall–Kier alpha value is -3.35. The van der Waals surface area contributed by atoms with E-state index < -0.39 is 23.8 Å². The van der Waals surface area contributed by atoms with Gasteiger partial charge in [-0.2, -0.15) is 0 Å². The Morgan fingerprint density at radius 1 is 0.930 bits per heavy atom. The van der Waals surface area contributed by atoms with Gasteiger partial charge in [0.25, 0.3) is 0 Å². The zero-order chi connectivity index (χ0) is 31.4. The Labute approximate surface area is 259 Å². The summed E-state index contributed by atoms with van der Waals surface area (Å²) in [6, 6.07) is 14.0. The van der Waals surface area contributed by atoms with Gasteiger partial charge in [0.2, 0.25) is 11.8 Å². The number of hydrogen-bond acceptors (Lipinski definition) is 4. The summed E-state index contributed by atoms with van der Waals surface area (Å²) >= 11 is 0. The summed E-state index contributed by atoms with van der Waals surface area (Å²) in [5, 5.41) is 6.19. The Morgan fingerprint density at radius 3 is 2.28 bits per heavy atom. The van der Waals surface area contributed by atoms with Gasteiger partial charge in [-0.1, -0.05) is 94.0 Å². The van der Waals surface area contributed by atoms with E-state index in [1.807, 2.05) is 62.4 Å². The van der Waals surface area contributed by atoms with E-state index in [9.17, 15) is 14.4 Å². The minimum absolute atomic E-state index is 0.103. The first-order chi connectivity index (χ1) is 20.5. The maximum absolute atomic E-state index is 14.7. The zero-order valence-corrected chi connectivity index (χ0v) is 27.2. The van der Waals surface area contributed by atoms with Gasteiger partial charge in [0.1, 0.15) is 17.7 Å². The molecule has 0 aliphatic heterocycles. The van der Waals surface area contributed by atoms with Gasteiger partial charge in [0, 0.05) is 19.0 Å². The van der Waals surface area contributed by atoms with Crippen LogP contribution in [-0.2, 0) is 20.7 Å². The van der Waals surface area contributed by atoms with E-state index in [4.69, 9.17) is 4.74 Å². The number of unbranched alkanes of at least 4 members (excludes halogenated alkanes) is 3. The van der Waals surface area contributed by atoms with Crippen LogP contribution in [0, 0.1) is 13.8 Å². The lowest BCUT2D eigenvalue weighted by Gasteiger charge is -2.36. The Kier molecular flexibility index (Phi) is 13.1. The van der Waals surface area contributed by atoms with Crippen molar-refractivity contribution < 1.29 is 19.1 Å². The molecule has 2 N–H and O–H groups in total. The number of aryl methyl sites for hydroxylation is 1. The van der Waals surface area contributed by atoms with Crippen LogP contribution < -0.4 is 10.6 Å². The topological polar surface area (TPSA) is 87.7 Å². The number of carbonyl (C=O) groups excluding carboxylic acids is 3. The minimum Gasteiger partial charge on any atom is -0.444 e. The molecule has 43 heavy (non-hydrogen) atoms. The molecule has 0 bridgehead atoms. The SMILES string of the molecule is CCCCCCN(C(=O)C(Cc1ccccc1)NC(=O)OC(C)(C)C)C(C(=O)NC1CCCCC1)c1cccc(C)c1C. The van der Waals surface area contributed by atoms with Crippen molar-refractivity contribution in [3.63, 3.8) is 0 Å². The van der Waals surface area contributed by atoms with Crippen LogP contribution in [0.1, 0.15) is 114 Å². The monoisotopic (exact) mass is 591 g/mol. The van der Waals surface area contributed by atoms with Gasteiger partial charge < -0.3 is 20.3 Å². The third-order valence-corrected chi connectivity index (χ3v) is 8.26. The van der Waals surface area contributed by atoms with E-state index in [1.54, 1.807) is 25.7 Å². The molecule has 2 aromatic rings. The molecule has 2 atom stereocenters. The smallest absolute Gasteiger partial charge is 0.408 e. The fraction of sp³-hybridized carbons (Fsp3) is 0.583. The average Bonchev–Trinajstić information content (AvgIpc) is 2.96. The van der Waals surface area contributed by atoms with Gasteiger partial charge in [-0.15, -0.1) is 0 Å². The number of nitrogens with one attached hydrogen (secondary N) is 2. The molecule has 1 aliphatic rings. The highest BCUT2D eigenvalue weighted by molar-refractivity contribution is 5.92. The highest BCUT2D eigenvalue weighted by Crippen LogP contribution is 2.29. The van der Waals surface area contributed by atoms with Crippen LogP contribution in [0.4, 0.5) is 4.79 Å². The van der Waals surface area contributed by atoms with Gasteiger partial charge in [-0.25, -0.2) is 4.79 Å². The predicted octanol–water partition coefficient (Wildman–Crippen LogP) is 7.34. The molecule has 0 heterocycles. The lowest BCUT2D eigenvalue weighted by Crippen LogP contribution is -2.55. The molecule has 2 unspecified atom stereocenters. The van der Waals surface area contributed by atoms with E-state index in [0.717, 1.165) is 73.6 Å². The van der Waals surface area contributed by atoms with Crippen molar-refractivity contribution in [2.24, 2.45) is 0 Å². The molecule has 3 amide bonds. The molecule has 0 aromatic heterocycles. The van der Waals surface area contributed by atoms with E-state index >= 15 is 0 Å². The fourth-order valence-electron chi connectivity index (χ4n) is 5.82. The molecule has 2 aromatic carbocycles. The van der Waals surface area contributed by atoms with Crippen LogP contribution in [0.2, 0.25) is 0 Å². The van der Waals surface area contributed by atoms with Crippen LogP contribution >= 0.6 is 0 Å². The summed E-state index contributed by atoms with van der Waals surface area (Å²) in [6.07, 6.45) is 8.74. The van der Waals surface area contributed by atoms with Crippen molar-refractivity contribution >= 4 is 17.9 Å². The van der Waals surface area contributed by atoms with Crippen LogP contribution in [0.25, 0.3) is 0 Å². The van der Waals surface area contributed by atoms with Crippen LogP contribution in [0.15, 0.2) is 48.5 Å². The largest absolute Gasteiger partial charge is 0.444 e. The molecule has 1 fully saturated rings. The second-order valence-electron chi connectivity index (χ2n) is 13.0. The van der Waals surface area contributed by atoms with Gasteiger partial charge >= 0.3 is 6.09 Å². The van der Waals surface area contributed by atoms with Crippen LogP contribution in [-0.4, -0.2) is 47.0 Å². The van der Waals surface area contributed by atoms with Crippen molar-refractivity contribution in [2.75, 3.05) is 6.54 Å². The van der Waals surface area contributed by atoms with Crippen LogP contribution in [0.3, 0.4) is 0 Å².